The quantitative estimate of drug-likeness (QED) is 0.451. The van der Waals surface area contributed by atoms with Crippen molar-refractivity contribution in [2.24, 2.45) is 0 Å². The Kier molecular flexibility index (Phi) is 7.30. The molecule has 2 fully saturated rings. The first-order valence-corrected chi connectivity index (χ1v) is 13.7. The van der Waals surface area contributed by atoms with Crippen molar-refractivity contribution in [3.05, 3.63) is 76.8 Å². The molecule has 0 amide bonds. The molecule has 0 bridgehead atoms. The fourth-order valence-electron chi connectivity index (χ4n) is 4.47. The molecule has 0 spiro atoms. The number of pyridine rings is 1. The molecule has 11 heteroatoms. The Labute approximate surface area is 210 Å². The molecule has 1 aromatic carbocycles. The second-order valence-electron chi connectivity index (χ2n) is 8.84. The van der Waals surface area contributed by atoms with Crippen LogP contribution >= 0.6 is 0 Å². The smallest absolute Gasteiger partial charge is 0.317 e. The third-order valence-corrected chi connectivity index (χ3v) is 8.23. The number of hydrogen-bond donors (Lipinski definition) is 0. The average Bonchev–Trinajstić information content (AvgIpc) is 3.42. The van der Waals surface area contributed by atoms with Crippen molar-refractivity contribution in [2.75, 3.05) is 44.3 Å². The summed E-state index contributed by atoms with van der Waals surface area (Å²) in [5, 5.41) is 4.34. The molecule has 3 aromatic rings. The molecule has 10 nitrogen and oxygen atoms in total. The first-order valence-electron chi connectivity index (χ1n) is 12.1. The van der Waals surface area contributed by atoms with E-state index in [0.29, 0.717) is 44.3 Å². The Bertz CT molecular complexity index is 1320. The van der Waals surface area contributed by atoms with Crippen LogP contribution in [0.25, 0.3) is 5.82 Å². The van der Waals surface area contributed by atoms with Crippen LogP contribution in [0.4, 0.5) is 5.69 Å². The number of ether oxygens (including phenoxy) is 2. The van der Waals surface area contributed by atoms with E-state index in [1.54, 1.807) is 30.6 Å². The number of nitrogens with zero attached hydrogens (tertiary/aromatic N) is 5. The van der Waals surface area contributed by atoms with E-state index in [0.717, 1.165) is 18.4 Å². The number of sulfonamides is 1. The van der Waals surface area contributed by atoms with Gasteiger partial charge in [0.25, 0.3) is 0 Å². The van der Waals surface area contributed by atoms with Crippen molar-refractivity contribution < 1.29 is 17.9 Å². The topological polar surface area (TPSA) is 107 Å². The third kappa shape index (κ3) is 5.43. The number of aromatic nitrogens is 3. The first kappa shape index (κ1) is 24.4. The molecule has 2 saturated heterocycles. The zero-order valence-corrected chi connectivity index (χ0v) is 20.7. The molecule has 0 aliphatic carbocycles. The van der Waals surface area contributed by atoms with Crippen LogP contribution in [0.15, 0.2) is 65.7 Å². The van der Waals surface area contributed by atoms with Gasteiger partial charge in [-0.2, -0.15) is 14.1 Å². The van der Waals surface area contributed by atoms with Crippen LogP contribution < -0.4 is 15.2 Å². The summed E-state index contributed by atoms with van der Waals surface area (Å²) in [7, 11) is -3.46. The third-order valence-electron chi connectivity index (χ3n) is 6.38. The highest BCUT2D eigenvalue weighted by Crippen LogP contribution is 2.27. The van der Waals surface area contributed by atoms with Crippen LogP contribution in [0.3, 0.4) is 0 Å². The van der Waals surface area contributed by atoms with Crippen LogP contribution in [-0.2, 0) is 20.5 Å². The van der Waals surface area contributed by atoms with Gasteiger partial charge in [-0.05, 0) is 30.5 Å². The first-order chi connectivity index (χ1) is 17.5. The van der Waals surface area contributed by atoms with Gasteiger partial charge in [-0.25, -0.2) is 13.4 Å². The lowest BCUT2D eigenvalue weighted by Gasteiger charge is -2.35. The largest absolute Gasteiger partial charge is 0.483 e. The molecule has 2 aliphatic heterocycles. The SMILES string of the molecule is O=c1c(OCC2CCCO2)c(N2CCN(S(=O)(=O)Cc3ccccc3)CC2)cnn1-c1ccccn1. The molecule has 2 aromatic heterocycles. The van der Waals surface area contributed by atoms with Gasteiger partial charge < -0.3 is 14.4 Å². The molecule has 0 saturated carbocycles. The summed E-state index contributed by atoms with van der Waals surface area (Å²) in [4.78, 5) is 19.6. The molecule has 4 heterocycles. The molecule has 2 aliphatic rings. The fraction of sp³-hybridized carbons (Fsp3) is 0.400. The van der Waals surface area contributed by atoms with Crippen molar-refractivity contribution in [3.63, 3.8) is 0 Å². The van der Waals surface area contributed by atoms with Crippen molar-refractivity contribution in [1.82, 2.24) is 19.1 Å². The summed E-state index contributed by atoms with van der Waals surface area (Å²) in [6.45, 7) is 2.40. The van der Waals surface area contributed by atoms with Gasteiger partial charge in [0.05, 0.1) is 18.1 Å². The van der Waals surface area contributed by atoms with Gasteiger partial charge in [0.2, 0.25) is 15.8 Å². The van der Waals surface area contributed by atoms with E-state index in [2.05, 4.69) is 10.1 Å². The molecule has 0 N–H and O–H groups in total. The van der Waals surface area contributed by atoms with E-state index in [9.17, 15) is 13.2 Å². The number of hydrogen-bond acceptors (Lipinski definition) is 8. The standard InChI is InChI=1S/C25H29N5O5S/c31-25-24(35-18-21-9-6-16-34-21)22(17-27-30(25)23-10-4-5-11-26-23)28-12-14-29(15-13-28)36(32,33)19-20-7-2-1-3-8-20/h1-5,7-8,10-11,17,21H,6,9,12-16,18-19H2. The van der Waals surface area contributed by atoms with E-state index < -0.39 is 15.6 Å². The van der Waals surface area contributed by atoms with Crippen molar-refractivity contribution in [2.45, 2.75) is 24.7 Å². The van der Waals surface area contributed by atoms with Crippen LogP contribution in [0.1, 0.15) is 18.4 Å². The second kappa shape index (κ2) is 10.8. The van der Waals surface area contributed by atoms with E-state index in [-0.39, 0.29) is 24.2 Å². The minimum Gasteiger partial charge on any atom is -0.483 e. The van der Waals surface area contributed by atoms with Gasteiger partial charge in [0, 0.05) is 39.0 Å². The number of anilines is 1. The normalized spacial score (nSPS) is 18.9. The summed E-state index contributed by atoms with van der Waals surface area (Å²) in [5.41, 5.74) is 0.890. The van der Waals surface area contributed by atoms with Crippen molar-refractivity contribution >= 4 is 15.7 Å². The Balaban J connectivity index is 1.35. The van der Waals surface area contributed by atoms with Crippen LogP contribution in [0.2, 0.25) is 0 Å². The average molecular weight is 512 g/mol. The van der Waals surface area contributed by atoms with E-state index in [1.807, 2.05) is 35.2 Å². The molecule has 1 unspecified atom stereocenters. The maximum atomic E-state index is 13.4. The van der Waals surface area contributed by atoms with Gasteiger partial charge in [-0.15, -0.1) is 0 Å². The highest BCUT2D eigenvalue weighted by atomic mass is 32.2. The summed E-state index contributed by atoms with van der Waals surface area (Å²) in [6, 6.07) is 14.4. The van der Waals surface area contributed by atoms with Crippen LogP contribution in [-0.4, -0.2) is 73.0 Å². The maximum Gasteiger partial charge on any atom is 0.317 e. The lowest BCUT2D eigenvalue weighted by atomic mass is 10.2. The Hall–Kier alpha value is -3.28. The lowest BCUT2D eigenvalue weighted by Crippen LogP contribution is -2.49. The molecule has 5 rings (SSSR count). The molecule has 0 radical (unpaired) electrons. The second-order valence-corrected chi connectivity index (χ2v) is 10.8. The number of rotatable bonds is 8. The Morgan fingerprint density at radius 1 is 1.03 bits per heavy atom. The highest BCUT2D eigenvalue weighted by molar-refractivity contribution is 7.88. The molecule has 190 valence electrons. The lowest BCUT2D eigenvalue weighted by molar-refractivity contribution is 0.0673. The zero-order valence-electron chi connectivity index (χ0n) is 19.9. The number of piperazine rings is 1. The summed E-state index contributed by atoms with van der Waals surface area (Å²) in [6.07, 6.45) is 4.98. The van der Waals surface area contributed by atoms with Crippen LogP contribution in [0.5, 0.6) is 5.75 Å². The van der Waals surface area contributed by atoms with Gasteiger partial charge in [-0.3, -0.25) is 4.79 Å². The van der Waals surface area contributed by atoms with Crippen molar-refractivity contribution in [3.8, 4) is 11.6 Å². The van der Waals surface area contributed by atoms with E-state index >= 15 is 0 Å². The van der Waals surface area contributed by atoms with Gasteiger partial charge in [-0.1, -0.05) is 36.4 Å². The minimum atomic E-state index is -3.46. The van der Waals surface area contributed by atoms with Gasteiger partial charge in [0.1, 0.15) is 12.3 Å². The summed E-state index contributed by atoms with van der Waals surface area (Å²) < 4.78 is 40.4. The van der Waals surface area contributed by atoms with Crippen LogP contribution in [0, 0.1) is 0 Å². The Morgan fingerprint density at radius 3 is 2.50 bits per heavy atom. The van der Waals surface area contributed by atoms with E-state index in [4.69, 9.17) is 9.47 Å². The predicted molar refractivity (Wildman–Crippen MR) is 135 cm³/mol. The molecule has 36 heavy (non-hydrogen) atoms. The minimum absolute atomic E-state index is 0.0364. The predicted octanol–water partition coefficient (Wildman–Crippen LogP) is 1.84. The number of benzene rings is 1. The summed E-state index contributed by atoms with van der Waals surface area (Å²) in [5.74, 6) is 0.533. The maximum absolute atomic E-state index is 13.4. The Morgan fingerprint density at radius 2 is 1.81 bits per heavy atom. The van der Waals surface area contributed by atoms with Gasteiger partial charge in [0.15, 0.2) is 5.82 Å². The summed E-state index contributed by atoms with van der Waals surface area (Å²) >= 11 is 0. The van der Waals surface area contributed by atoms with Crippen molar-refractivity contribution in [1.29, 1.82) is 0 Å². The highest BCUT2D eigenvalue weighted by Gasteiger charge is 2.30. The monoisotopic (exact) mass is 511 g/mol. The fourth-order valence-corrected chi connectivity index (χ4v) is 5.98. The van der Waals surface area contributed by atoms with Gasteiger partial charge >= 0.3 is 5.56 Å². The molecular formula is C25H29N5O5S. The zero-order chi connectivity index (χ0) is 25.0. The molecule has 1 atom stereocenters. The van der Waals surface area contributed by atoms with E-state index in [1.165, 1.54) is 8.99 Å². The molecular weight excluding hydrogens is 482 g/mol.